The molecule has 1 aromatic heterocycles. The van der Waals surface area contributed by atoms with Gasteiger partial charge in [0.25, 0.3) is 5.91 Å². The van der Waals surface area contributed by atoms with E-state index in [-0.39, 0.29) is 12.5 Å². The van der Waals surface area contributed by atoms with Crippen LogP contribution in [0.25, 0.3) is 0 Å². The quantitative estimate of drug-likeness (QED) is 0.727. The number of hydrogen-bond acceptors (Lipinski definition) is 4. The van der Waals surface area contributed by atoms with Gasteiger partial charge in [0.1, 0.15) is 12.4 Å². The summed E-state index contributed by atoms with van der Waals surface area (Å²) in [7, 11) is 1.52. The summed E-state index contributed by atoms with van der Waals surface area (Å²) in [4.78, 5) is 12.0. The standard InChI is InChI=1S/C14H13N3O3/c1-20-13-5-4-10(3-2-6-18)7-12(13)17-14(19)11-8-15-16-9-11/h4-5,7-9,18H,6H2,1H3,(H,15,16)(H,17,19). The number of ether oxygens (including phenoxy) is 1. The van der Waals surface area contributed by atoms with E-state index >= 15 is 0 Å². The first-order valence-corrected chi connectivity index (χ1v) is 5.82. The van der Waals surface area contributed by atoms with Gasteiger partial charge < -0.3 is 15.2 Å². The van der Waals surface area contributed by atoms with Crippen molar-refractivity contribution in [3.63, 3.8) is 0 Å². The second-order valence-corrected chi connectivity index (χ2v) is 3.82. The van der Waals surface area contributed by atoms with Crippen molar-refractivity contribution in [2.24, 2.45) is 0 Å². The maximum absolute atomic E-state index is 12.0. The van der Waals surface area contributed by atoms with E-state index in [1.807, 2.05) is 0 Å². The highest BCUT2D eigenvalue weighted by Crippen LogP contribution is 2.25. The van der Waals surface area contributed by atoms with Crippen molar-refractivity contribution in [2.75, 3.05) is 19.0 Å². The van der Waals surface area contributed by atoms with Crippen LogP contribution >= 0.6 is 0 Å². The van der Waals surface area contributed by atoms with Crippen LogP contribution in [-0.2, 0) is 0 Å². The van der Waals surface area contributed by atoms with Crippen LogP contribution in [0.1, 0.15) is 15.9 Å². The monoisotopic (exact) mass is 271 g/mol. The number of carbonyl (C=O) groups is 1. The molecule has 0 atom stereocenters. The molecule has 3 N–H and O–H groups in total. The van der Waals surface area contributed by atoms with Gasteiger partial charge in [-0.2, -0.15) is 5.10 Å². The van der Waals surface area contributed by atoms with Gasteiger partial charge >= 0.3 is 0 Å². The van der Waals surface area contributed by atoms with Gasteiger partial charge in [-0.3, -0.25) is 9.89 Å². The Morgan fingerprint density at radius 2 is 2.40 bits per heavy atom. The van der Waals surface area contributed by atoms with Crippen LogP contribution in [0.2, 0.25) is 0 Å². The molecule has 0 aliphatic carbocycles. The van der Waals surface area contributed by atoms with E-state index in [0.29, 0.717) is 22.6 Å². The molecule has 0 radical (unpaired) electrons. The summed E-state index contributed by atoms with van der Waals surface area (Å²) in [5.41, 5.74) is 1.59. The first-order chi connectivity index (χ1) is 9.74. The van der Waals surface area contributed by atoms with Crippen molar-refractivity contribution < 1.29 is 14.6 Å². The first kappa shape index (κ1) is 13.6. The Kier molecular flexibility index (Phi) is 4.37. The number of nitrogens with one attached hydrogen (secondary N) is 2. The third-order valence-electron chi connectivity index (χ3n) is 2.52. The number of benzene rings is 1. The van der Waals surface area contributed by atoms with Gasteiger partial charge in [-0.1, -0.05) is 11.8 Å². The van der Waals surface area contributed by atoms with Crippen molar-refractivity contribution in [1.82, 2.24) is 10.2 Å². The molecular formula is C14H13N3O3. The second-order valence-electron chi connectivity index (χ2n) is 3.82. The van der Waals surface area contributed by atoms with E-state index in [4.69, 9.17) is 9.84 Å². The second kappa shape index (κ2) is 6.41. The van der Waals surface area contributed by atoms with Crippen molar-refractivity contribution >= 4 is 11.6 Å². The molecule has 6 heteroatoms. The minimum absolute atomic E-state index is 0.220. The van der Waals surface area contributed by atoms with E-state index in [9.17, 15) is 4.79 Å². The van der Waals surface area contributed by atoms with Crippen LogP contribution in [0.5, 0.6) is 5.75 Å². The number of nitrogens with zero attached hydrogens (tertiary/aromatic N) is 1. The van der Waals surface area contributed by atoms with E-state index in [1.165, 1.54) is 19.5 Å². The van der Waals surface area contributed by atoms with Gasteiger partial charge in [0.05, 0.1) is 24.6 Å². The van der Waals surface area contributed by atoms with Gasteiger partial charge in [-0.05, 0) is 18.2 Å². The molecule has 0 saturated heterocycles. The van der Waals surface area contributed by atoms with Gasteiger partial charge in [0, 0.05) is 11.8 Å². The summed E-state index contributed by atoms with van der Waals surface area (Å²) in [5, 5.41) is 17.7. The van der Waals surface area contributed by atoms with Crippen LogP contribution < -0.4 is 10.1 Å². The van der Waals surface area contributed by atoms with Crippen molar-refractivity contribution in [2.45, 2.75) is 0 Å². The molecule has 0 unspecified atom stereocenters. The van der Waals surface area contributed by atoms with Gasteiger partial charge in [0.15, 0.2) is 0 Å². The molecule has 1 aromatic carbocycles. The van der Waals surface area contributed by atoms with Crippen molar-refractivity contribution in [3.8, 4) is 17.6 Å². The number of aromatic nitrogens is 2. The number of amides is 1. The molecule has 1 heterocycles. The minimum Gasteiger partial charge on any atom is -0.495 e. The van der Waals surface area contributed by atoms with Crippen molar-refractivity contribution in [1.29, 1.82) is 0 Å². The maximum Gasteiger partial charge on any atom is 0.258 e. The highest BCUT2D eigenvalue weighted by molar-refractivity contribution is 6.04. The van der Waals surface area contributed by atoms with E-state index in [2.05, 4.69) is 27.4 Å². The number of H-pyrrole nitrogens is 1. The Morgan fingerprint density at radius 3 is 3.05 bits per heavy atom. The average molecular weight is 271 g/mol. The molecule has 20 heavy (non-hydrogen) atoms. The third-order valence-corrected chi connectivity index (χ3v) is 2.52. The lowest BCUT2D eigenvalue weighted by Gasteiger charge is -2.09. The Morgan fingerprint density at radius 1 is 1.55 bits per heavy atom. The Bertz CT molecular complexity index is 654. The number of carbonyl (C=O) groups excluding carboxylic acids is 1. The predicted octanol–water partition coefficient (Wildman–Crippen LogP) is 1.01. The Balaban J connectivity index is 2.26. The number of hydrogen-bond donors (Lipinski definition) is 3. The number of aliphatic hydroxyl groups is 1. The summed E-state index contributed by atoms with van der Waals surface area (Å²) in [6.07, 6.45) is 2.93. The molecular weight excluding hydrogens is 258 g/mol. The predicted molar refractivity (Wildman–Crippen MR) is 73.5 cm³/mol. The minimum atomic E-state index is -0.302. The number of methoxy groups -OCH3 is 1. The van der Waals surface area contributed by atoms with Crippen LogP contribution in [0, 0.1) is 11.8 Å². The molecule has 1 amide bonds. The first-order valence-electron chi connectivity index (χ1n) is 5.82. The summed E-state index contributed by atoms with van der Waals surface area (Å²) in [6.45, 7) is -0.220. The topological polar surface area (TPSA) is 87.2 Å². The highest BCUT2D eigenvalue weighted by Gasteiger charge is 2.10. The SMILES string of the molecule is COc1ccc(C#CCO)cc1NC(=O)c1cn[nH]c1. The maximum atomic E-state index is 12.0. The third kappa shape index (κ3) is 3.16. The van der Waals surface area contributed by atoms with Crippen LogP contribution in [0.3, 0.4) is 0 Å². The summed E-state index contributed by atoms with van der Waals surface area (Å²) in [6, 6.07) is 5.13. The lowest BCUT2D eigenvalue weighted by Crippen LogP contribution is -2.12. The normalized spacial score (nSPS) is 9.50. The fourth-order valence-electron chi connectivity index (χ4n) is 1.59. The van der Waals surface area contributed by atoms with Crippen LogP contribution in [-0.4, -0.2) is 34.9 Å². The van der Waals surface area contributed by atoms with Gasteiger partial charge in [-0.15, -0.1) is 0 Å². The molecule has 0 fully saturated rings. The Labute approximate surface area is 115 Å². The molecule has 0 aliphatic rings. The molecule has 2 aromatic rings. The lowest BCUT2D eigenvalue weighted by atomic mass is 10.2. The average Bonchev–Trinajstić information content (AvgIpc) is 2.99. The fraction of sp³-hybridized carbons (Fsp3) is 0.143. The molecule has 0 spiro atoms. The lowest BCUT2D eigenvalue weighted by molar-refractivity contribution is 0.102. The molecule has 2 rings (SSSR count). The molecule has 0 saturated carbocycles. The summed E-state index contributed by atoms with van der Waals surface area (Å²) < 4.78 is 5.19. The van der Waals surface area contributed by atoms with E-state index in [0.717, 1.165) is 0 Å². The zero-order chi connectivity index (χ0) is 14.4. The van der Waals surface area contributed by atoms with Crippen LogP contribution in [0.4, 0.5) is 5.69 Å². The smallest absolute Gasteiger partial charge is 0.258 e. The van der Waals surface area contributed by atoms with Crippen LogP contribution in [0.15, 0.2) is 30.6 Å². The molecule has 6 nitrogen and oxygen atoms in total. The number of anilines is 1. The van der Waals surface area contributed by atoms with Gasteiger partial charge in [-0.25, -0.2) is 0 Å². The number of aromatic amines is 1. The molecule has 102 valence electrons. The largest absolute Gasteiger partial charge is 0.495 e. The summed E-state index contributed by atoms with van der Waals surface area (Å²) in [5.74, 6) is 5.54. The molecule has 0 bridgehead atoms. The fourth-order valence-corrected chi connectivity index (χ4v) is 1.59. The zero-order valence-electron chi connectivity index (χ0n) is 10.8. The van der Waals surface area contributed by atoms with Gasteiger partial charge in [0.2, 0.25) is 0 Å². The number of aliphatic hydroxyl groups excluding tert-OH is 1. The van der Waals surface area contributed by atoms with E-state index < -0.39 is 0 Å². The highest BCUT2D eigenvalue weighted by atomic mass is 16.5. The summed E-state index contributed by atoms with van der Waals surface area (Å²) >= 11 is 0. The zero-order valence-corrected chi connectivity index (χ0v) is 10.8. The van der Waals surface area contributed by atoms with E-state index in [1.54, 1.807) is 18.2 Å². The van der Waals surface area contributed by atoms with Crippen molar-refractivity contribution in [3.05, 3.63) is 41.7 Å². The number of rotatable bonds is 3. The Hall–Kier alpha value is -2.78. The molecule has 0 aliphatic heterocycles.